The van der Waals surface area contributed by atoms with Gasteiger partial charge in [-0.3, -0.25) is 9.59 Å². The number of aromatic nitrogens is 1. The summed E-state index contributed by atoms with van der Waals surface area (Å²) in [6, 6.07) is 6.62. The molecule has 1 aliphatic carbocycles. The molecule has 0 atom stereocenters. The molecule has 154 valence electrons. The van der Waals surface area contributed by atoms with Crippen molar-refractivity contribution in [3.63, 3.8) is 0 Å². The lowest BCUT2D eigenvalue weighted by molar-refractivity contribution is -0.130. The molecule has 1 fully saturated rings. The lowest BCUT2D eigenvalue weighted by atomic mass is 9.95. The van der Waals surface area contributed by atoms with Crippen LogP contribution in [-0.2, 0) is 24.2 Å². The third-order valence-corrected chi connectivity index (χ3v) is 6.29. The smallest absolute Gasteiger partial charge is 0.270 e. The lowest BCUT2D eigenvalue weighted by Crippen LogP contribution is -2.50. The van der Waals surface area contributed by atoms with E-state index < -0.39 is 0 Å². The highest BCUT2D eigenvalue weighted by Gasteiger charge is 2.30. The van der Waals surface area contributed by atoms with Gasteiger partial charge in [0.25, 0.3) is 5.91 Å². The SMILES string of the molecule is CC(=O)N1CCN(C(=O)c2c(C)c3c(n2Cc2cccc(F)c2)CCCC3)CC1. The van der Waals surface area contributed by atoms with Crippen molar-refractivity contribution < 1.29 is 14.0 Å². The van der Waals surface area contributed by atoms with Crippen LogP contribution in [0.1, 0.15) is 52.6 Å². The number of carbonyl (C=O) groups excluding carboxylic acids is 2. The van der Waals surface area contributed by atoms with Crippen molar-refractivity contribution in [1.29, 1.82) is 0 Å². The van der Waals surface area contributed by atoms with Crippen molar-refractivity contribution >= 4 is 11.8 Å². The average molecular weight is 397 g/mol. The van der Waals surface area contributed by atoms with E-state index in [1.165, 1.54) is 17.3 Å². The van der Waals surface area contributed by atoms with Crippen LogP contribution in [0.3, 0.4) is 0 Å². The first-order valence-electron chi connectivity index (χ1n) is 10.5. The fraction of sp³-hybridized carbons (Fsp3) is 0.478. The second-order valence-corrected chi connectivity index (χ2v) is 8.12. The van der Waals surface area contributed by atoms with E-state index >= 15 is 0 Å². The highest BCUT2D eigenvalue weighted by molar-refractivity contribution is 5.95. The van der Waals surface area contributed by atoms with Crippen molar-refractivity contribution in [3.05, 3.63) is 58.2 Å². The molecule has 0 N–H and O–H groups in total. The summed E-state index contributed by atoms with van der Waals surface area (Å²) in [4.78, 5) is 28.8. The van der Waals surface area contributed by atoms with E-state index in [0.717, 1.165) is 42.5 Å². The Morgan fingerprint density at radius 3 is 2.41 bits per heavy atom. The monoisotopic (exact) mass is 397 g/mol. The Bertz CT molecular complexity index is 942. The first kappa shape index (κ1) is 19.7. The molecule has 5 nitrogen and oxygen atoms in total. The number of nitrogens with zero attached hydrogens (tertiary/aromatic N) is 3. The summed E-state index contributed by atoms with van der Waals surface area (Å²) in [6.45, 7) is 6.36. The molecule has 2 amide bonds. The summed E-state index contributed by atoms with van der Waals surface area (Å²) in [5.41, 5.74) is 5.18. The highest BCUT2D eigenvalue weighted by Crippen LogP contribution is 2.31. The molecule has 4 rings (SSSR count). The number of rotatable bonds is 3. The summed E-state index contributed by atoms with van der Waals surface area (Å²) in [6.07, 6.45) is 4.21. The maximum Gasteiger partial charge on any atom is 0.270 e. The number of carbonyl (C=O) groups is 2. The van der Waals surface area contributed by atoms with E-state index in [1.807, 2.05) is 17.9 Å². The zero-order valence-electron chi connectivity index (χ0n) is 17.2. The van der Waals surface area contributed by atoms with Crippen molar-refractivity contribution in [2.75, 3.05) is 26.2 Å². The van der Waals surface area contributed by atoms with E-state index in [1.54, 1.807) is 24.0 Å². The Morgan fingerprint density at radius 1 is 1.03 bits per heavy atom. The Morgan fingerprint density at radius 2 is 1.72 bits per heavy atom. The predicted molar refractivity (Wildman–Crippen MR) is 109 cm³/mol. The van der Waals surface area contributed by atoms with Crippen LogP contribution in [0.4, 0.5) is 4.39 Å². The van der Waals surface area contributed by atoms with Crippen LogP contribution in [0.25, 0.3) is 0 Å². The van der Waals surface area contributed by atoms with Gasteiger partial charge in [0, 0.05) is 45.3 Å². The van der Waals surface area contributed by atoms with E-state index in [2.05, 4.69) is 4.57 Å². The maximum atomic E-state index is 13.7. The fourth-order valence-corrected chi connectivity index (χ4v) is 4.71. The van der Waals surface area contributed by atoms with Crippen LogP contribution in [-0.4, -0.2) is 52.4 Å². The molecular formula is C23H28FN3O2. The quantitative estimate of drug-likeness (QED) is 0.799. The summed E-state index contributed by atoms with van der Waals surface area (Å²) in [7, 11) is 0. The van der Waals surface area contributed by atoms with Crippen LogP contribution in [0.2, 0.25) is 0 Å². The lowest BCUT2D eigenvalue weighted by Gasteiger charge is -2.34. The predicted octanol–water partition coefficient (Wildman–Crippen LogP) is 3.17. The Labute approximate surface area is 171 Å². The highest BCUT2D eigenvalue weighted by atomic mass is 19.1. The molecule has 29 heavy (non-hydrogen) atoms. The molecule has 6 heteroatoms. The molecule has 2 aliphatic rings. The minimum atomic E-state index is -0.256. The maximum absolute atomic E-state index is 13.7. The number of hydrogen-bond acceptors (Lipinski definition) is 2. The third kappa shape index (κ3) is 3.80. The van der Waals surface area contributed by atoms with Gasteiger partial charge in [0.15, 0.2) is 0 Å². The van der Waals surface area contributed by atoms with Crippen molar-refractivity contribution in [3.8, 4) is 0 Å². The third-order valence-electron chi connectivity index (χ3n) is 6.29. The Hall–Kier alpha value is -2.63. The molecule has 0 radical (unpaired) electrons. The second-order valence-electron chi connectivity index (χ2n) is 8.12. The topological polar surface area (TPSA) is 45.6 Å². The average Bonchev–Trinajstić information content (AvgIpc) is 2.99. The summed E-state index contributed by atoms with van der Waals surface area (Å²) in [5.74, 6) is -0.178. The van der Waals surface area contributed by atoms with Gasteiger partial charge in [0.1, 0.15) is 11.5 Å². The molecule has 1 saturated heterocycles. The van der Waals surface area contributed by atoms with Crippen LogP contribution in [0, 0.1) is 12.7 Å². The van der Waals surface area contributed by atoms with Gasteiger partial charge in [-0.1, -0.05) is 12.1 Å². The Kier molecular flexibility index (Phi) is 5.43. The van der Waals surface area contributed by atoms with Crippen molar-refractivity contribution in [1.82, 2.24) is 14.4 Å². The van der Waals surface area contributed by atoms with E-state index in [9.17, 15) is 14.0 Å². The van der Waals surface area contributed by atoms with Gasteiger partial charge in [-0.05, 0) is 61.4 Å². The first-order chi connectivity index (χ1) is 14.0. The zero-order chi connectivity index (χ0) is 20.5. The fourth-order valence-electron chi connectivity index (χ4n) is 4.71. The van der Waals surface area contributed by atoms with Crippen molar-refractivity contribution in [2.45, 2.75) is 46.1 Å². The van der Waals surface area contributed by atoms with Crippen LogP contribution in [0.15, 0.2) is 24.3 Å². The summed E-state index contributed by atoms with van der Waals surface area (Å²) < 4.78 is 15.9. The number of halogens is 1. The van der Waals surface area contributed by atoms with Gasteiger partial charge in [-0.25, -0.2) is 4.39 Å². The summed E-state index contributed by atoms with van der Waals surface area (Å²) >= 11 is 0. The first-order valence-corrected chi connectivity index (χ1v) is 10.5. The number of amides is 2. The molecule has 0 saturated carbocycles. The molecule has 2 heterocycles. The minimum absolute atomic E-state index is 0.0245. The number of fused-ring (bicyclic) bond motifs is 1. The van der Waals surface area contributed by atoms with Gasteiger partial charge in [0.2, 0.25) is 5.91 Å². The molecule has 0 spiro atoms. The number of piperazine rings is 1. The molecular weight excluding hydrogens is 369 g/mol. The van der Waals surface area contributed by atoms with E-state index in [0.29, 0.717) is 32.7 Å². The van der Waals surface area contributed by atoms with Gasteiger partial charge >= 0.3 is 0 Å². The summed E-state index contributed by atoms with van der Waals surface area (Å²) in [5, 5.41) is 0. The largest absolute Gasteiger partial charge is 0.339 e. The van der Waals surface area contributed by atoms with Crippen LogP contribution < -0.4 is 0 Å². The van der Waals surface area contributed by atoms with E-state index in [4.69, 9.17) is 0 Å². The molecule has 0 bridgehead atoms. The molecule has 1 aliphatic heterocycles. The van der Waals surface area contributed by atoms with Crippen molar-refractivity contribution in [2.24, 2.45) is 0 Å². The van der Waals surface area contributed by atoms with Gasteiger partial charge in [-0.15, -0.1) is 0 Å². The van der Waals surface area contributed by atoms with E-state index in [-0.39, 0.29) is 17.6 Å². The van der Waals surface area contributed by atoms with Gasteiger partial charge in [0.05, 0.1) is 0 Å². The molecule has 1 aromatic heterocycles. The minimum Gasteiger partial charge on any atom is -0.339 e. The van der Waals surface area contributed by atoms with Crippen LogP contribution >= 0.6 is 0 Å². The zero-order valence-corrected chi connectivity index (χ0v) is 17.2. The van der Waals surface area contributed by atoms with Crippen LogP contribution in [0.5, 0.6) is 0 Å². The standard InChI is InChI=1S/C23H28FN3O2/c1-16-20-8-3-4-9-21(20)27(15-18-6-5-7-19(24)14-18)22(16)23(29)26-12-10-25(11-13-26)17(2)28/h5-7,14H,3-4,8-13,15H2,1-2H3. The Balaban J connectivity index is 1.68. The molecule has 0 unspecified atom stereocenters. The molecule has 1 aromatic carbocycles. The van der Waals surface area contributed by atoms with Gasteiger partial charge < -0.3 is 14.4 Å². The molecule has 2 aromatic rings. The normalized spacial score (nSPS) is 16.7. The van der Waals surface area contributed by atoms with Gasteiger partial charge in [-0.2, -0.15) is 0 Å². The number of hydrogen-bond donors (Lipinski definition) is 0. The number of benzene rings is 1. The second kappa shape index (κ2) is 8.01.